The minimum Gasteiger partial charge on any atom is -0.469 e. The third-order valence-electron chi connectivity index (χ3n) is 5.63. The number of hydrogen-bond donors (Lipinski definition) is 0. The minimum atomic E-state index is -0.170. The van der Waals surface area contributed by atoms with Crippen LogP contribution in [0.3, 0.4) is 0 Å². The zero-order valence-corrected chi connectivity index (χ0v) is 17.6. The molecule has 0 N–H and O–H groups in total. The van der Waals surface area contributed by atoms with Gasteiger partial charge in [-0.05, 0) is 67.1 Å². The Labute approximate surface area is 177 Å². The second-order valence-corrected chi connectivity index (χ2v) is 7.77. The number of hydrogen-bond acceptors (Lipinski definition) is 2. The first-order valence-electron chi connectivity index (χ1n) is 10.4. The van der Waals surface area contributed by atoms with Gasteiger partial charge in [0.1, 0.15) is 0 Å². The molecule has 3 heteroatoms. The minimum absolute atomic E-state index is 0.170. The van der Waals surface area contributed by atoms with Crippen LogP contribution >= 0.6 is 0 Å². The number of carbonyl (C=O) groups excluding carboxylic acids is 1. The highest BCUT2D eigenvalue weighted by molar-refractivity contribution is 5.86. The first-order chi connectivity index (χ1) is 14.6. The molecule has 0 aliphatic heterocycles. The molecule has 0 saturated carbocycles. The van der Waals surface area contributed by atoms with Gasteiger partial charge in [0.2, 0.25) is 0 Å². The predicted octanol–water partition coefficient (Wildman–Crippen LogP) is 5.83. The third-order valence-corrected chi connectivity index (χ3v) is 5.63. The number of esters is 1. The molecule has 1 aromatic heterocycles. The number of benzene rings is 3. The molecule has 0 fully saturated rings. The summed E-state index contributed by atoms with van der Waals surface area (Å²) in [4.78, 5) is 11.6. The van der Waals surface area contributed by atoms with Crippen molar-refractivity contribution in [1.82, 2.24) is 4.57 Å². The Morgan fingerprint density at radius 3 is 2.37 bits per heavy atom. The van der Waals surface area contributed by atoms with E-state index in [2.05, 4.69) is 90.5 Å². The summed E-state index contributed by atoms with van der Waals surface area (Å²) in [6.45, 7) is 2.11. The molecule has 0 spiro atoms. The number of ether oxygens (including phenoxy) is 1. The van der Waals surface area contributed by atoms with Crippen molar-refractivity contribution < 1.29 is 9.53 Å². The Morgan fingerprint density at radius 1 is 0.867 bits per heavy atom. The maximum absolute atomic E-state index is 11.6. The zero-order chi connectivity index (χ0) is 20.9. The van der Waals surface area contributed by atoms with Gasteiger partial charge < -0.3 is 9.30 Å². The van der Waals surface area contributed by atoms with Crippen molar-refractivity contribution in [3.8, 4) is 5.69 Å². The van der Waals surface area contributed by atoms with Crippen LogP contribution in [0.4, 0.5) is 0 Å². The standard InChI is InChI=1S/C27H27NO2/c1-20-8-14-24(15-9-20)28-19-23(13-10-21-6-4-3-5-7-21)25-18-22(11-16-26(25)28)12-17-27(29)30-2/h3-9,11,14-16,18-19H,10,12-13,17H2,1-2H3. The summed E-state index contributed by atoms with van der Waals surface area (Å²) in [7, 11) is 1.44. The molecule has 3 nitrogen and oxygen atoms in total. The van der Waals surface area contributed by atoms with Crippen LogP contribution in [0, 0.1) is 6.92 Å². The third kappa shape index (κ3) is 4.46. The summed E-state index contributed by atoms with van der Waals surface area (Å²) in [5.41, 5.74) is 7.45. The van der Waals surface area contributed by atoms with Gasteiger partial charge >= 0.3 is 5.97 Å². The van der Waals surface area contributed by atoms with Crippen molar-refractivity contribution in [2.24, 2.45) is 0 Å². The van der Waals surface area contributed by atoms with Gasteiger partial charge in [-0.25, -0.2) is 0 Å². The van der Waals surface area contributed by atoms with Gasteiger partial charge in [-0.15, -0.1) is 0 Å². The number of nitrogens with zero attached hydrogens (tertiary/aromatic N) is 1. The van der Waals surface area contributed by atoms with E-state index < -0.39 is 0 Å². The summed E-state index contributed by atoms with van der Waals surface area (Å²) in [6.07, 6.45) is 5.33. The van der Waals surface area contributed by atoms with Crippen molar-refractivity contribution in [3.63, 3.8) is 0 Å². The van der Waals surface area contributed by atoms with Crippen molar-refractivity contribution in [1.29, 1.82) is 0 Å². The molecular formula is C27H27NO2. The summed E-state index contributed by atoms with van der Waals surface area (Å²) < 4.78 is 7.08. The van der Waals surface area contributed by atoms with E-state index >= 15 is 0 Å². The van der Waals surface area contributed by atoms with Gasteiger partial charge in [-0.1, -0.05) is 54.1 Å². The van der Waals surface area contributed by atoms with E-state index in [0.29, 0.717) is 12.8 Å². The lowest BCUT2D eigenvalue weighted by Gasteiger charge is -2.07. The number of aryl methyl sites for hydroxylation is 4. The molecule has 0 unspecified atom stereocenters. The number of carbonyl (C=O) groups is 1. The van der Waals surface area contributed by atoms with Gasteiger partial charge in [0.25, 0.3) is 0 Å². The van der Waals surface area contributed by atoms with Crippen LogP contribution in [0.25, 0.3) is 16.6 Å². The highest BCUT2D eigenvalue weighted by Crippen LogP contribution is 2.28. The van der Waals surface area contributed by atoms with Gasteiger partial charge in [-0.2, -0.15) is 0 Å². The lowest BCUT2D eigenvalue weighted by molar-refractivity contribution is -0.140. The highest BCUT2D eigenvalue weighted by atomic mass is 16.5. The molecule has 0 radical (unpaired) electrons. The fourth-order valence-electron chi connectivity index (χ4n) is 3.89. The smallest absolute Gasteiger partial charge is 0.305 e. The topological polar surface area (TPSA) is 31.2 Å². The SMILES string of the molecule is COC(=O)CCc1ccc2c(c1)c(CCc1ccccc1)cn2-c1ccc(C)cc1. The molecule has 3 aromatic carbocycles. The Bertz CT molecular complexity index is 1140. The van der Waals surface area contributed by atoms with Crippen LogP contribution in [-0.4, -0.2) is 17.6 Å². The summed E-state index contributed by atoms with van der Waals surface area (Å²) in [5.74, 6) is -0.170. The van der Waals surface area contributed by atoms with E-state index in [1.165, 1.54) is 40.4 Å². The maximum atomic E-state index is 11.6. The Kier molecular flexibility index (Phi) is 5.99. The van der Waals surface area contributed by atoms with Crippen LogP contribution in [0.15, 0.2) is 79.0 Å². The molecule has 0 aliphatic carbocycles. The van der Waals surface area contributed by atoms with Gasteiger partial charge in [0.05, 0.1) is 12.6 Å². The lowest BCUT2D eigenvalue weighted by atomic mass is 10.0. The maximum Gasteiger partial charge on any atom is 0.305 e. The molecule has 4 rings (SSSR count). The first kappa shape index (κ1) is 20.0. The van der Waals surface area contributed by atoms with Crippen molar-refractivity contribution in [3.05, 3.63) is 101 Å². The summed E-state index contributed by atoms with van der Waals surface area (Å²) in [5, 5.41) is 1.26. The fraction of sp³-hybridized carbons (Fsp3) is 0.222. The fourth-order valence-corrected chi connectivity index (χ4v) is 3.89. The number of rotatable bonds is 7. The number of aromatic nitrogens is 1. The second kappa shape index (κ2) is 9.00. The molecule has 0 atom stereocenters. The van der Waals surface area contributed by atoms with Crippen molar-refractivity contribution in [2.75, 3.05) is 7.11 Å². The summed E-state index contributed by atoms with van der Waals surface area (Å²) >= 11 is 0. The average Bonchev–Trinajstić information content (AvgIpc) is 3.15. The number of fused-ring (bicyclic) bond motifs is 1. The second-order valence-electron chi connectivity index (χ2n) is 7.77. The quantitative estimate of drug-likeness (QED) is 0.367. The molecule has 0 amide bonds. The van der Waals surface area contributed by atoms with E-state index in [4.69, 9.17) is 4.74 Å². The molecule has 4 aromatic rings. The normalized spacial score (nSPS) is 11.0. The lowest BCUT2D eigenvalue weighted by Crippen LogP contribution is -2.01. The van der Waals surface area contributed by atoms with E-state index in [1.54, 1.807) is 0 Å². The van der Waals surface area contributed by atoms with E-state index in [0.717, 1.165) is 18.4 Å². The van der Waals surface area contributed by atoms with E-state index in [9.17, 15) is 4.79 Å². The van der Waals surface area contributed by atoms with Crippen LogP contribution in [0.1, 0.15) is 28.7 Å². The molecular weight excluding hydrogens is 370 g/mol. The van der Waals surface area contributed by atoms with Gasteiger partial charge in [-0.3, -0.25) is 4.79 Å². The van der Waals surface area contributed by atoms with Crippen molar-refractivity contribution >= 4 is 16.9 Å². The Hall–Kier alpha value is -3.33. The van der Waals surface area contributed by atoms with E-state index in [-0.39, 0.29) is 5.97 Å². The molecule has 1 heterocycles. The molecule has 30 heavy (non-hydrogen) atoms. The monoisotopic (exact) mass is 397 g/mol. The van der Waals surface area contributed by atoms with Gasteiger partial charge in [0.15, 0.2) is 0 Å². The zero-order valence-electron chi connectivity index (χ0n) is 17.6. The molecule has 0 bridgehead atoms. The predicted molar refractivity (Wildman–Crippen MR) is 122 cm³/mol. The highest BCUT2D eigenvalue weighted by Gasteiger charge is 2.12. The van der Waals surface area contributed by atoms with Crippen LogP contribution < -0.4 is 0 Å². The molecule has 0 saturated heterocycles. The van der Waals surface area contributed by atoms with Crippen LogP contribution in [-0.2, 0) is 28.8 Å². The Balaban J connectivity index is 1.70. The number of methoxy groups -OCH3 is 1. The van der Waals surface area contributed by atoms with Gasteiger partial charge in [0, 0.05) is 23.7 Å². The van der Waals surface area contributed by atoms with Crippen LogP contribution in [0.2, 0.25) is 0 Å². The average molecular weight is 398 g/mol. The Morgan fingerprint density at radius 2 is 1.63 bits per heavy atom. The molecule has 0 aliphatic rings. The van der Waals surface area contributed by atoms with Crippen LogP contribution in [0.5, 0.6) is 0 Å². The van der Waals surface area contributed by atoms with Crippen molar-refractivity contribution in [2.45, 2.75) is 32.6 Å². The first-order valence-corrected chi connectivity index (χ1v) is 10.4. The largest absolute Gasteiger partial charge is 0.469 e. The summed E-state index contributed by atoms with van der Waals surface area (Å²) in [6, 6.07) is 25.8. The van der Waals surface area contributed by atoms with E-state index in [1.807, 2.05) is 0 Å². The molecule has 152 valence electrons.